The van der Waals surface area contributed by atoms with Crippen molar-refractivity contribution in [3.05, 3.63) is 12.2 Å². The Morgan fingerprint density at radius 2 is 2.31 bits per heavy atom. The van der Waals surface area contributed by atoms with Gasteiger partial charge in [-0.3, -0.25) is 4.79 Å². The largest absolute Gasteiger partial charge is 0.466 e. The Balaban J connectivity index is 3.83. The number of nitriles is 1. The first kappa shape index (κ1) is 15.0. The second-order valence-corrected chi connectivity index (χ2v) is 3.74. The summed E-state index contributed by atoms with van der Waals surface area (Å²) in [7, 11) is 0. The third-order valence-electron chi connectivity index (χ3n) is 1.98. The normalized spacial score (nSPS) is 12.3. The van der Waals surface area contributed by atoms with Crippen molar-refractivity contribution in [2.75, 3.05) is 12.5 Å². The monoisotopic (exact) mass is 243 g/mol. The van der Waals surface area contributed by atoms with Crippen LogP contribution in [0.4, 0.5) is 0 Å². The number of carbonyl (C=O) groups is 1. The molecular weight excluding hydrogens is 226 g/mol. The molecule has 0 aliphatic heterocycles. The van der Waals surface area contributed by atoms with Crippen LogP contribution in [0.25, 0.3) is 0 Å². The molecule has 0 N–H and O–H groups in total. The Labute approximate surface area is 102 Å². The molecular formula is C12H18ClNO2. The van der Waals surface area contributed by atoms with Crippen LogP contribution in [0.2, 0.25) is 0 Å². The molecule has 0 amide bonds. The van der Waals surface area contributed by atoms with Gasteiger partial charge in [0.05, 0.1) is 25.0 Å². The number of hydrogen-bond donors (Lipinski definition) is 0. The van der Waals surface area contributed by atoms with Gasteiger partial charge in [-0.1, -0.05) is 12.2 Å². The van der Waals surface area contributed by atoms with Crippen LogP contribution in [-0.4, -0.2) is 18.5 Å². The van der Waals surface area contributed by atoms with Crippen LogP contribution < -0.4 is 0 Å². The third kappa shape index (κ3) is 8.31. The molecule has 3 nitrogen and oxygen atoms in total. The van der Waals surface area contributed by atoms with Crippen molar-refractivity contribution in [2.24, 2.45) is 5.92 Å². The molecule has 0 heterocycles. The molecule has 0 aromatic carbocycles. The van der Waals surface area contributed by atoms with Crippen LogP contribution in [0.5, 0.6) is 0 Å². The van der Waals surface area contributed by atoms with Gasteiger partial charge in [0.2, 0.25) is 0 Å². The van der Waals surface area contributed by atoms with Gasteiger partial charge < -0.3 is 4.74 Å². The Morgan fingerprint density at radius 1 is 1.56 bits per heavy atom. The highest BCUT2D eigenvalue weighted by molar-refractivity contribution is 6.17. The zero-order valence-electron chi connectivity index (χ0n) is 9.62. The second kappa shape index (κ2) is 10.5. The lowest BCUT2D eigenvalue weighted by Gasteiger charge is -2.03. The molecule has 0 saturated heterocycles. The Kier molecular flexibility index (Phi) is 9.84. The number of carbonyl (C=O) groups excluding carboxylic acids is 1. The lowest BCUT2D eigenvalue weighted by Crippen LogP contribution is -2.08. The van der Waals surface area contributed by atoms with Crippen LogP contribution in [0, 0.1) is 17.2 Å². The molecule has 4 heteroatoms. The summed E-state index contributed by atoms with van der Waals surface area (Å²) >= 11 is 5.54. The Bertz CT molecular complexity index is 258. The fraction of sp³-hybridized carbons (Fsp3) is 0.667. The van der Waals surface area contributed by atoms with Crippen molar-refractivity contribution in [1.82, 2.24) is 0 Å². The summed E-state index contributed by atoms with van der Waals surface area (Å²) in [6.07, 6.45) is 6.72. The summed E-state index contributed by atoms with van der Waals surface area (Å²) in [5, 5.41) is 8.82. The van der Waals surface area contributed by atoms with E-state index in [-0.39, 0.29) is 18.3 Å². The molecule has 0 fully saturated rings. The second-order valence-electron chi connectivity index (χ2n) is 3.36. The van der Waals surface area contributed by atoms with E-state index >= 15 is 0 Å². The van der Waals surface area contributed by atoms with Crippen LogP contribution in [0.3, 0.4) is 0 Å². The maximum atomic E-state index is 11.1. The average Bonchev–Trinajstić information content (AvgIpc) is 2.27. The maximum absolute atomic E-state index is 11.1. The average molecular weight is 244 g/mol. The zero-order valence-corrected chi connectivity index (χ0v) is 10.4. The van der Waals surface area contributed by atoms with Crippen LogP contribution in [0.1, 0.15) is 32.6 Å². The van der Waals surface area contributed by atoms with Crippen LogP contribution in [-0.2, 0) is 9.53 Å². The predicted molar refractivity (Wildman–Crippen MR) is 64.1 cm³/mol. The molecule has 0 spiro atoms. The van der Waals surface area contributed by atoms with Crippen molar-refractivity contribution >= 4 is 17.6 Å². The first-order valence-electron chi connectivity index (χ1n) is 5.52. The lowest BCUT2D eigenvalue weighted by atomic mass is 10.1. The number of allylic oxidation sites excluding steroid dienone is 2. The number of ether oxygens (including phenoxy) is 1. The molecule has 0 aromatic heterocycles. The quantitative estimate of drug-likeness (QED) is 0.285. The predicted octanol–water partition coefficient (Wildman–Crippen LogP) is 3.04. The Morgan fingerprint density at radius 3 is 2.88 bits per heavy atom. The number of alkyl halides is 1. The fourth-order valence-corrected chi connectivity index (χ4v) is 1.36. The van der Waals surface area contributed by atoms with E-state index in [2.05, 4.69) is 6.07 Å². The van der Waals surface area contributed by atoms with E-state index in [1.807, 2.05) is 6.08 Å². The lowest BCUT2D eigenvalue weighted by molar-refractivity contribution is -0.143. The van der Waals surface area contributed by atoms with Crippen molar-refractivity contribution < 1.29 is 9.53 Å². The number of unbranched alkanes of at least 4 members (excludes halogenated alkanes) is 2. The van der Waals surface area contributed by atoms with Gasteiger partial charge in [-0.15, -0.1) is 11.6 Å². The number of hydrogen-bond acceptors (Lipinski definition) is 3. The van der Waals surface area contributed by atoms with Crippen molar-refractivity contribution in [2.45, 2.75) is 32.6 Å². The molecule has 0 rings (SSSR count). The minimum Gasteiger partial charge on any atom is -0.466 e. The third-order valence-corrected chi connectivity index (χ3v) is 2.25. The van der Waals surface area contributed by atoms with Gasteiger partial charge in [0.1, 0.15) is 0 Å². The highest BCUT2D eigenvalue weighted by atomic mass is 35.5. The summed E-state index contributed by atoms with van der Waals surface area (Å²) in [5.74, 6) is -0.0345. The van der Waals surface area contributed by atoms with Crippen molar-refractivity contribution in [3.8, 4) is 6.07 Å². The fourth-order valence-electron chi connectivity index (χ4n) is 1.17. The van der Waals surface area contributed by atoms with Crippen LogP contribution in [0.15, 0.2) is 12.2 Å². The molecule has 0 radical (unpaired) electrons. The summed E-state index contributed by atoms with van der Waals surface area (Å²) in [6, 6.07) is 2.07. The van der Waals surface area contributed by atoms with E-state index < -0.39 is 0 Å². The summed E-state index contributed by atoms with van der Waals surface area (Å²) in [5.41, 5.74) is 0. The highest BCUT2D eigenvalue weighted by Gasteiger charge is 2.10. The van der Waals surface area contributed by atoms with E-state index in [0.29, 0.717) is 12.5 Å². The first-order valence-corrected chi connectivity index (χ1v) is 6.05. The van der Waals surface area contributed by atoms with E-state index in [1.54, 1.807) is 13.0 Å². The summed E-state index contributed by atoms with van der Waals surface area (Å²) in [6.45, 7) is 2.11. The molecule has 0 aliphatic carbocycles. The zero-order chi connectivity index (χ0) is 12.2. The SMILES string of the molecule is CCOC(=O)CC(C#N)/C=C/CCCCCl. The van der Waals surface area contributed by atoms with Gasteiger partial charge in [0, 0.05) is 5.88 Å². The van der Waals surface area contributed by atoms with E-state index in [9.17, 15) is 4.79 Å². The smallest absolute Gasteiger partial charge is 0.307 e. The Hall–Kier alpha value is -1.01. The van der Waals surface area contributed by atoms with Gasteiger partial charge in [0.15, 0.2) is 0 Å². The molecule has 16 heavy (non-hydrogen) atoms. The van der Waals surface area contributed by atoms with Gasteiger partial charge in [-0.05, 0) is 26.2 Å². The minimum atomic E-state index is -0.380. The van der Waals surface area contributed by atoms with E-state index in [4.69, 9.17) is 21.6 Å². The molecule has 0 aliphatic rings. The van der Waals surface area contributed by atoms with Gasteiger partial charge >= 0.3 is 5.97 Å². The minimum absolute atomic E-state index is 0.135. The number of halogens is 1. The van der Waals surface area contributed by atoms with E-state index in [1.165, 1.54) is 0 Å². The number of rotatable bonds is 8. The first-order chi connectivity index (χ1) is 7.74. The molecule has 1 atom stereocenters. The highest BCUT2D eigenvalue weighted by Crippen LogP contribution is 2.07. The standard InChI is InChI=1S/C12H18ClNO2/c1-2-16-12(15)9-11(10-14)7-5-3-4-6-8-13/h5,7,11H,2-4,6,8-9H2,1H3/b7-5+. The molecule has 0 saturated carbocycles. The van der Waals surface area contributed by atoms with Gasteiger partial charge in [-0.2, -0.15) is 5.26 Å². The molecule has 0 aromatic rings. The molecule has 0 bridgehead atoms. The maximum Gasteiger partial charge on any atom is 0.307 e. The van der Waals surface area contributed by atoms with Crippen molar-refractivity contribution in [1.29, 1.82) is 5.26 Å². The number of nitrogens with zero attached hydrogens (tertiary/aromatic N) is 1. The van der Waals surface area contributed by atoms with Gasteiger partial charge in [-0.25, -0.2) is 0 Å². The summed E-state index contributed by atoms with van der Waals surface area (Å²) < 4.78 is 4.78. The summed E-state index contributed by atoms with van der Waals surface area (Å²) in [4.78, 5) is 11.1. The number of esters is 1. The van der Waals surface area contributed by atoms with Gasteiger partial charge in [0.25, 0.3) is 0 Å². The van der Waals surface area contributed by atoms with Crippen LogP contribution >= 0.6 is 11.6 Å². The van der Waals surface area contributed by atoms with Crippen molar-refractivity contribution in [3.63, 3.8) is 0 Å². The molecule has 90 valence electrons. The topological polar surface area (TPSA) is 50.1 Å². The molecule has 1 unspecified atom stereocenters. The van der Waals surface area contributed by atoms with E-state index in [0.717, 1.165) is 19.3 Å².